The smallest absolute Gasteiger partial charge is 0.0700 e. The van der Waals surface area contributed by atoms with Gasteiger partial charge in [-0.1, -0.05) is 0 Å². The molecular weight excluding hydrogens is 222 g/mol. The lowest BCUT2D eigenvalue weighted by atomic mass is 10.2. The van der Waals surface area contributed by atoms with Crippen molar-refractivity contribution in [2.45, 2.75) is 19.9 Å². The molecule has 0 radical (unpaired) electrons. The highest BCUT2D eigenvalue weighted by molar-refractivity contribution is 7.08. The number of nitrogens with one attached hydrogen (secondary N) is 1. The van der Waals surface area contributed by atoms with Crippen LogP contribution < -0.4 is 5.32 Å². The summed E-state index contributed by atoms with van der Waals surface area (Å²) < 4.78 is 10.3. The van der Waals surface area contributed by atoms with Gasteiger partial charge >= 0.3 is 0 Å². The second kappa shape index (κ2) is 8.70. The third kappa shape index (κ3) is 5.61. The molecule has 0 aliphatic carbocycles. The molecule has 0 aliphatic heterocycles. The van der Waals surface area contributed by atoms with Crippen molar-refractivity contribution in [1.82, 2.24) is 5.32 Å². The minimum Gasteiger partial charge on any atom is -0.382 e. The largest absolute Gasteiger partial charge is 0.382 e. The zero-order chi connectivity index (χ0) is 11.6. The molecule has 0 fully saturated rings. The molecule has 0 aliphatic rings. The van der Waals surface area contributed by atoms with E-state index in [-0.39, 0.29) is 0 Å². The molecule has 16 heavy (non-hydrogen) atoms. The van der Waals surface area contributed by atoms with Gasteiger partial charge < -0.3 is 14.8 Å². The van der Waals surface area contributed by atoms with Gasteiger partial charge in [0.05, 0.1) is 13.2 Å². The van der Waals surface area contributed by atoms with Gasteiger partial charge in [0.15, 0.2) is 0 Å². The van der Waals surface area contributed by atoms with Gasteiger partial charge in [0.2, 0.25) is 0 Å². The van der Waals surface area contributed by atoms with E-state index in [9.17, 15) is 0 Å². The Morgan fingerprint density at radius 2 is 2.12 bits per heavy atom. The van der Waals surface area contributed by atoms with E-state index in [0.717, 1.165) is 26.1 Å². The summed E-state index contributed by atoms with van der Waals surface area (Å²) in [6.07, 6.45) is 1.05. The molecule has 0 saturated heterocycles. The lowest BCUT2D eigenvalue weighted by Crippen LogP contribution is -2.17. The van der Waals surface area contributed by atoms with E-state index >= 15 is 0 Å². The highest BCUT2D eigenvalue weighted by Crippen LogP contribution is 2.12. The van der Waals surface area contributed by atoms with Crippen LogP contribution in [-0.2, 0) is 16.0 Å². The molecule has 0 amide bonds. The summed E-state index contributed by atoms with van der Waals surface area (Å²) in [5.74, 6) is 0. The minimum atomic E-state index is 0.682. The molecule has 0 spiro atoms. The number of methoxy groups -OCH3 is 1. The number of hydrogen-bond donors (Lipinski definition) is 1. The molecule has 1 heterocycles. The van der Waals surface area contributed by atoms with Crippen LogP contribution in [0, 0.1) is 6.92 Å². The zero-order valence-corrected chi connectivity index (χ0v) is 10.9. The van der Waals surface area contributed by atoms with Crippen LogP contribution in [0.4, 0.5) is 0 Å². The van der Waals surface area contributed by atoms with Crippen LogP contribution in [0.5, 0.6) is 0 Å². The number of thiophene rings is 1. The molecule has 0 saturated carbocycles. The van der Waals surface area contributed by atoms with Crippen molar-refractivity contribution in [2.75, 3.05) is 33.5 Å². The summed E-state index contributed by atoms with van der Waals surface area (Å²) in [4.78, 5) is 0. The van der Waals surface area contributed by atoms with Crippen LogP contribution >= 0.6 is 11.3 Å². The second-order valence-electron chi connectivity index (χ2n) is 3.72. The van der Waals surface area contributed by atoms with Gasteiger partial charge in [0, 0.05) is 20.3 Å². The van der Waals surface area contributed by atoms with Crippen molar-refractivity contribution in [3.63, 3.8) is 0 Å². The molecule has 1 rings (SSSR count). The molecule has 1 aromatic heterocycles. The van der Waals surface area contributed by atoms with Crippen LogP contribution in [0.2, 0.25) is 0 Å². The molecule has 1 N–H and O–H groups in total. The summed E-state index contributed by atoms with van der Waals surface area (Å²) in [7, 11) is 1.69. The van der Waals surface area contributed by atoms with Gasteiger partial charge in [-0.05, 0) is 41.8 Å². The monoisotopic (exact) mass is 243 g/mol. The standard InChI is InChI=1S/C12H21NO2S/c1-11-9-16-10-12(11)8-13-4-3-5-15-7-6-14-2/h9-10,13H,3-8H2,1-2H3. The maximum absolute atomic E-state index is 5.37. The van der Waals surface area contributed by atoms with Crippen molar-refractivity contribution in [2.24, 2.45) is 0 Å². The fraction of sp³-hybridized carbons (Fsp3) is 0.667. The lowest BCUT2D eigenvalue weighted by molar-refractivity contribution is 0.0695. The Labute approximate surface area is 102 Å². The minimum absolute atomic E-state index is 0.682. The topological polar surface area (TPSA) is 30.5 Å². The van der Waals surface area contributed by atoms with E-state index in [2.05, 4.69) is 23.0 Å². The van der Waals surface area contributed by atoms with E-state index in [1.807, 2.05) is 0 Å². The molecule has 92 valence electrons. The van der Waals surface area contributed by atoms with Crippen molar-refractivity contribution >= 4 is 11.3 Å². The van der Waals surface area contributed by atoms with E-state index in [4.69, 9.17) is 9.47 Å². The SMILES string of the molecule is COCCOCCCNCc1cscc1C. The Morgan fingerprint density at radius 1 is 1.25 bits per heavy atom. The van der Waals surface area contributed by atoms with E-state index in [1.165, 1.54) is 11.1 Å². The number of hydrogen-bond acceptors (Lipinski definition) is 4. The van der Waals surface area contributed by atoms with Crippen molar-refractivity contribution in [1.29, 1.82) is 0 Å². The Morgan fingerprint density at radius 3 is 2.81 bits per heavy atom. The van der Waals surface area contributed by atoms with Gasteiger partial charge in [0.25, 0.3) is 0 Å². The Bertz CT molecular complexity index is 276. The Balaban J connectivity index is 1.91. The van der Waals surface area contributed by atoms with E-state index in [1.54, 1.807) is 18.4 Å². The van der Waals surface area contributed by atoms with E-state index < -0.39 is 0 Å². The predicted octanol–water partition coefficient (Wildman–Crippen LogP) is 2.20. The summed E-state index contributed by atoms with van der Waals surface area (Å²) in [5.41, 5.74) is 2.79. The summed E-state index contributed by atoms with van der Waals surface area (Å²) in [6, 6.07) is 0. The zero-order valence-electron chi connectivity index (χ0n) is 10.1. The first-order valence-corrected chi connectivity index (χ1v) is 6.58. The first-order valence-electron chi connectivity index (χ1n) is 5.63. The van der Waals surface area contributed by atoms with Gasteiger partial charge in [-0.15, -0.1) is 0 Å². The fourth-order valence-corrected chi connectivity index (χ4v) is 2.19. The fourth-order valence-electron chi connectivity index (χ4n) is 1.33. The second-order valence-corrected chi connectivity index (χ2v) is 4.46. The first-order chi connectivity index (χ1) is 7.84. The van der Waals surface area contributed by atoms with Crippen LogP contribution in [0.15, 0.2) is 10.8 Å². The first kappa shape index (κ1) is 13.6. The van der Waals surface area contributed by atoms with Crippen molar-refractivity contribution < 1.29 is 9.47 Å². The van der Waals surface area contributed by atoms with Crippen molar-refractivity contribution in [3.8, 4) is 0 Å². The average molecular weight is 243 g/mol. The third-order valence-electron chi connectivity index (χ3n) is 2.35. The van der Waals surface area contributed by atoms with Crippen LogP contribution in [-0.4, -0.2) is 33.5 Å². The van der Waals surface area contributed by atoms with Crippen LogP contribution in [0.3, 0.4) is 0 Å². The average Bonchev–Trinajstić information content (AvgIpc) is 2.68. The summed E-state index contributed by atoms with van der Waals surface area (Å²) in [6.45, 7) is 6.30. The third-order valence-corrected chi connectivity index (χ3v) is 3.26. The molecular formula is C12H21NO2S. The maximum Gasteiger partial charge on any atom is 0.0700 e. The lowest BCUT2D eigenvalue weighted by Gasteiger charge is -2.05. The number of ether oxygens (including phenoxy) is 2. The molecule has 1 aromatic rings. The Hall–Kier alpha value is -0.420. The molecule has 4 heteroatoms. The molecule has 0 unspecified atom stereocenters. The van der Waals surface area contributed by atoms with Gasteiger partial charge in [0.1, 0.15) is 0 Å². The number of rotatable bonds is 9. The normalized spacial score (nSPS) is 10.9. The van der Waals surface area contributed by atoms with Gasteiger partial charge in [-0.25, -0.2) is 0 Å². The van der Waals surface area contributed by atoms with Crippen molar-refractivity contribution in [3.05, 3.63) is 21.9 Å². The van der Waals surface area contributed by atoms with Crippen LogP contribution in [0.1, 0.15) is 17.5 Å². The highest BCUT2D eigenvalue weighted by atomic mass is 32.1. The predicted molar refractivity (Wildman–Crippen MR) is 68.1 cm³/mol. The maximum atomic E-state index is 5.37. The van der Waals surface area contributed by atoms with Crippen LogP contribution in [0.25, 0.3) is 0 Å². The molecule has 0 atom stereocenters. The van der Waals surface area contributed by atoms with Gasteiger partial charge in [-0.2, -0.15) is 11.3 Å². The van der Waals surface area contributed by atoms with Gasteiger partial charge in [-0.3, -0.25) is 0 Å². The quantitative estimate of drug-likeness (QED) is 0.674. The summed E-state index contributed by atoms with van der Waals surface area (Å²) in [5, 5.41) is 7.81. The Kier molecular flexibility index (Phi) is 7.42. The highest BCUT2D eigenvalue weighted by Gasteiger charge is 1.97. The van der Waals surface area contributed by atoms with E-state index in [0.29, 0.717) is 13.2 Å². The molecule has 0 aromatic carbocycles. The summed E-state index contributed by atoms with van der Waals surface area (Å²) >= 11 is 1.77. The number of aryl methyl sites for hydroxylation is 1. The molecule has 0 bridgehead atoms. The molecule has 3 nitrogen and oxygen atoms in total.